The summed E-state index contributed by atoms with van der Waals surface area (Å²) in [5.74, 6) is 1.06. The van der Waals surface area contributed by atoms with Gasteiger partial charge < -0.3 is 10.5 Å². The summed E-state index contributed by atoms with van der Waals surface area (Å²) >= 11 is 0. The molecule has 1 aromatic rings. The zero-order chi connectivity index (χ0) is 15.2. The molecule has 0 aliphatic carbocycles. The summed E-state index contributed by atoms with van der Waals surface area (Å²) in [5.41, 5.74) is 7.87. The van der Waals surface area contributed by atoms with Gasteiger partial charge in [0.05, 0.1) is 11.5 Å². The van der Waals surface area contributed by atoms with Crippen molar-refractivity contribution in [3.63, 3.8) is 0 Å². The van der Waals surface area contributed by atoms with E-state index in [0.717, 1.165) is 23.3 Å². The van der Waals surface area contributed by atoms with Gasteiger partial charge in [-0.1, -0.05) is 25.1 Å². The first-order chi connectivity index (χ1) is 9.35. The SMILES string of the molecule is CCCS(=O)(=O)CCOc1c(C)cccc1CC(C)N. The normalized spacial score (nSPS) is 13.2. The van der Waals surface area contributed by atoms with Crippen LogP contribution in [0.3, 0.4) is 0 Å². The third-order valence-corrected chi connectivity index (χ3v) is 4.81. The highest BCUT2D eigenvalue weighted by Gasteiger charge is 2.12. The third-order valence-electron chi connectivity index (χ3n) is 2.99. The Kier molecular flexibility index (Phi) is 6.49. The van der Waals surface area contributed by atoms with Crippen LogP contribution in [0, 0.1) is 6.92 Å². The van der Waals surface area contributed by atoms with Crippen molar-refractivity contribution in [2.45, 2.75) is 39.7 Å². The molecule has 4 nitrogen and oxygen atoms in total. The molecule has 0 saturated heterocycles. The second-order valence-corrected chi connectivity index (χ2v) is 7.55. The quantitative estimate of drug-likeness (QED) is 0.798. The van der Waals surface area contributed by atoms with E-state index in [-0.39, 0.29) is 24.2 Å². The van der Waals surface area contributed by atoms with Crippen LogP contribution < -0.4 is 10.5 Å². The van der Waals surface area contributed by atoms with E-state index in [1.165, 1.54) is 0 Å². The van der Waals surface area contributed by atoms with Crippen LogP contribution in [0.2, 0.25) is 0 Å². The fourth-order valence-electron chi connectivity index (χ4n) is 2.11. The number of sulfone groups is 1. The number of aryl methyl sites for hydroxylation is 1. The van der Waals surface area contributed by atoms with Gasteiger partial charge in [-0.25, -0.2) is 8.42 Å². The van der Waals surface area contributed by atoms with Gasteiger partial charge in [-0.2, -0.15) is 0 Å². The molecule has 0 heterocycles. The molecule has 0 saturated carbocycles. The molecule has 0 spiro atoms. The number of hydrogen-bond acceptors (Lipinski definition) is 4. The van der Waals surface area contributed by atoms with Crippen molar-refractivity contribution in [3.05, 3.63) is 29.3 Å². The van der Waals surface area contributed by atoms with Crippen molar-refractivity contribution >= 4 is 9.84 Å². The molecule has 20 heavy (non-hydrogen) atoms. The maximum atomic E-state index is 11.7. The minimum absolute atomic E-state index is 0.0444. The largest absolute Gasteiger partial charge is 0.492 e. The molecule has 5 heteroatoms. The van der Waals surface area contributed by atoms with Crippen LogP contribution in [0.4, 0.5) is 0 Å². The molecule has 0 bridgehead atoms. The zero-order valence-corrected chi connectivity index (χ0v) is 13.4. The Labute approximate surface area is 122 Å². The Morgan fingerprint density at radius 1 is 1.30 bits per heavy atom. The van der Waals surface area contributed by atoms with Crippen molar-refractivity contribution in [2.75, 3.05) is 18.1 Å². The third kappa shape index (κ3) is 5.51. The molecule has 1 unspecified atom stereocenters. The number of nitrogens with two attached hydrogens (primary N) is 1. The zero-order valence-electron chi connectivity index (χ0n) is 12.6. The van der Waals surface area contributed by atoms with E-state index in [1.54, 1.807) is 0 Å². The predicted octanol–water partition coefficient (Wildman–Crippen LogP) is 2.09. The molecular weight excluding hydrogens is 274 g/mol. The Morgan fingerprint density at radius 3 is 2.60 bits per heavy atom. The van der Waals surface area contributed by atoms with Crippen molar-refractivity contribution in [1.29, 1.82) is 0 Å². The fraction of sp³-hybridized carbons (Fsp3) is 0.600. The van der Waals surface area contributed by atoms with E-state index in [0.29, 0.717) is 6.42 Å². The molecular formula is C15H25NO3S. The second-order valence-electron chi connectivity index (χ2n) is 5.24. The number of ether oxygens (including phenoxy) is 1. The lowest BCUT2D eigenvalue weighted by atomic mass is 10.0. The maximum Gasteiger partial charge on any atom is 0.153 e. The maximum absolute atomic E-state index is 11.7. The molecule has 0 aliphatic rings. The summed E-state index contributed by atoms with van der Waals surface area (Å²) in [5, 5.41) is 0. The van der Waals surface area contributed by atoms with Crippen LogP contribution >= 0.6 is 0 Å². The van der Waals surface area contributed by atoms with E-state index in [1.807, 2.05) is 39.0 Å². The molecule has 114 valence electrons. The van der Waals surface area contributed by atoms with Gasteiger partial charge >= 0.3 is 0 Å². The van der Waals surface area contributed by atoms with Crippen molar-refractivity contribution < 1.29 is 13.2 Å². The van der Waals surface area contributed by atoms with Gasteiger partial charge in [-0.05, 0) is 37.8 Å². The molecule has 0 amide bonds. The number of benzene rings is 1. The Hall–Kier alpha value is -1.07. The second kappa shape index (κ2) is 7.64. The van der Waals surface area contributed by atoms with Gasteiger partial charge in [0.15, 0.2) is 9.84 Å². The van der Waals surface area contributed by atoms with Gasteiger partial charge in [0, 0.05) is 6.04 Å². The Morgan fingerprint density at radius 2 is 2.00 bits per heavy atom. The minimum atomic E-state index is -3.00. The van der Waals surface area contributed by atoms with E-state index in [2.05, 4.69) is 0 Å². The van der Waals surface area contributed by atoms with Crippen LogP contribution in [-0.4, -0.2) is 32.6 Å². The van der Waals surface area contributed by atoms with Crippen LogP contribution in [0.5, 0.6) is 5.75 Å². The topological polar surface area (TPSA) is 69.4 Å². The lowest BCUT2D eigenvalue weighted by Crippen LogP contribution is -2.20. The lowest BCUT2D eigenvalue weighted by molar-refractivity contribution is 0.334. The van der Waals surface area contributed by atoms with Gasteiger partial charge in [-0.15, -0.1) is 0 Å². The van der Waals surface area contributed by atoms with Gasteiger partial charge in [0.2, 0.25) is 0 Å². The number of para-hydroxylation sites is 1. The average molecular weight is 299 g/mol. The van der Waals surface area contributed by atoms with E-state index >= 15 is 0 Å². The summed E-state index contributed by atoms with van der Waals surface area (Å²) in [6.07, 6.45) is 1.36. The smallest absolute Gasteiger partial charge is 0.153 e. The Balaban J connectivity index is 2.72. The summed E-state index contributed by atoms with van der Waals surface area (Å²) in [4.78, 5) is 0. The van der Waals surface area contributed by atoms with E-state index < -0.39 is 9.84 Å². The minimum Gasteiger partial charge on any atom is -0.492 e. The average Bonchev–Trinajstić information content (AvgIpc) is 2.31. The molecule has 0 aliphatic heterocycles. The standard InChI is InChI=1S/C15H25NO3S/c1-4-9-20(17,18)10-8-19-15-12(2)6-5-7-14(15)11-13(3)16/h5-7,13H,4,8-11,16H2,1-3H3. The summed E-state index contributed by atoms with van der Waals surface area (Å²) in [6, 6.07) is 5.95. The first-order valence-corrected chi connectivity index (χ1v) is 8.85. The van der Waals surface area contributed by atoms with Crippen LogP contribution in [-0.2, 0) is 16.3 Å². The van der Waals surface area contributed by atoms with Gasteiger partial charge in [0.1, 0.15) is 12.4 Å². The van der Waals surface area contributed by atoms with Crippen molar-refractivity contribution in [2.24, 2.45) is 5.73 Å². The van der Waals surface area contributed by atoms with Crippen LogP contribution in [0.1, 0.15) is 31.4 Å². The summed E-state index contributed by atoms with van der Waals surface area (Å²) in [6.45, 7) is 5.96. The van der Waals surface area contributed by atoms with Gasteiger partial charge in [-0.3, -0.25) is 0 Å². The van der Waals surface area contributed by atoms with Crippen molar-refractivity contribution in [1.82, 2.24) is 0 Å². The monoisotopic (exact) mass is 299 g/mol. The van der Waals surface area contributed by atoms with Crippen LogP contribution in [0.25, 0.3) is 0 Å². The van der Waals surface area contributed by atoms with Gasteiger partial charge in [0.25, 0.3) is 0 Å². The molecule has 0 radical (unpaired) electrons. The molecule has 0 fully saturated rings. The number of hydrogen-bond donors (Lipinski definition) is 1. The molecule has 1 rings (SSSR count). The van der Waals surface area contributed by atoms with Crippen molar-refractivity contribution in [3.8, 4) is 5.75 Å². The first-order valence-electron chi connectivity index (χ1n) is 7.03. The lowest BCUT2D eigenvalue weighted by Gasteiger charge is -2.15. The summed E-state index contributed by atoms with van der Waals surface area (Å²) in [7, 11) is -3.00. The highest BCUT2D eigenvalue weighted by molar-refractivity contribution is 7.91. The molecule has 1 aromatic carbocycles. The first kappa shape index (κ1) is 17.0. The molecule has 0 aromatic heterocycles. The Bertz CT molecular complexity index is 524. The van der Waals surface area contributed by atoms with Crippen LogP contribution in [0.15, 0.2) is 18.2 Å². The number of rotatable bonds is 8. The molecule has 1 atom stereocenters. The summed E-state index contributed by atoms with van der Waals surface area (Å²) < 4.78 is 29.1. The van der Waals surface area contributed by atoms with E-state index in [4.69, 9.17) is 10.5 Å². The molecule has 2 N–H and O–H groups in total. The predicted molar refractivity (Wildman–Crippen MR) is 83.0 cm³/mol. The fourth-order valence-corrected chi connectivity index (χ4v) is 3.27. The van der Waals surface area contributed by atoms with E-state index in [9.17, 15) is 8.42 Å². The highest BCUT2D eigenvalue weighted by Crippen LogP contribution is 2.24. The highest BCUT2D eigenvalue weighted by atomic mass is 32.2.